The topological polar surface area (TPSA) is 96.0 Å². The van der Waals surface area contributed by atoms with Crippen LogP contribution in [0.4, 0.5) is 17.1 Å². The Morgan fingerprint density at radius 1 is 0.946 bits per heavy atom. The zero-order valence-electron chi connectivity index (χ0n) is 20.4. The summed E-state index contributed by atoms with van der Waals surface area (Å²) in [5, 5.41) is 2.62. The third-order valence-electron chi connectivity index (χ3n) is 5.83. The molecule has 0 unspecified atom stereocenters. The van der Waals surface area contributed by atoms with Crippen LogP contribution in [0.25, 0.3) is 0 Å². The first-order valence-electron chi connectivity index (χ1n) is 11.5. The summed E-state index contributed by atoms with van der Waals surface area (Å²) in [6, 6.07) is 20.1. The van der Waals surface area contributed by atoms with Gasteiger partial charge in [-0.2, -0.15) is 0 Å². The molecule has 1 heterocycles. The molecule has 3 aromatic carbocycles. The molecule has 0 bridgehead atoms. The van der Waals surface area contributed by atoms with E-state index in [1.807, 2.05) is 38.1 Å². The van der Waals surface area contributed by atoms with Crippen LogP contribution >= 0.6 is 11.6 Å². The number of carbonyl (C=O) groups is 4. The summed E-state index contributed by atoms with van der Waals surface area (Å²) in [7, 11) is 1.26. The van der Waals surface area contributed by atoms with E-state index in [-0.39, 0.29) is 27.9 Å². The van der Waals surface area contributed by atoms with Crippen molar-refractivity contribution >= 4 is 52.4 Å². The lowest BCUT2D eigenvalue weighted by Crippen LogP contribution is -2.32. The molecule has 1 N–H and O–H groups in total. The molecule has 0 saturated heterocycles. The molecule has 9 heteroatoms. The molecule has 4 rings (SSSR count). The summed E-state index contributed by atoms with van der Waals surface area (Å²) >= 11 is 6.25. The van der Waals surface area contributed by atoms with E-state index >= 15 is 0 Å². The molecule has 0 aliphatic carbocycles. The van der Waals surface area contributed by atoms with Crippen LogP contribution in [-0.2, 0) is 14.3 Å². The number of benzene rings is 3. The van der Waals surface area contributed by atoms with Crippen LogP contribution < -0.4 is 15.1 Å². The molecular formula is C28H24ClN3O5. The maximum absolute atomic E-state index is 13.3. The number of hydrogen-bond donors (Lipinski definition) is 1. The number of rotatable bonds is 7. The van der Waals surface area contributed by atoms with Crippen molar-refractivity contribution in [2.45, 2.75) is 13.8 Å². The van der Waals surface area contributed by atoms with Gasteiger partial charge in [0.05, 0.1) is 18.4 Å². The van der Waals surface area contributed by atoms with Crippen molar-refractivity contribution < 1.29 is 23.9 Å². The Morgan fingerprint density at radius 2 is 1.65 bits per heavy atom. The fourth-order valence-electron chi connectivity index (χ4n) is 3.98. The van der Waals surface area contributed by atoms with Crippen molar-refractivity contribution in [3.8, 4) is 0 Å². The number of aryl methyl sites for hydroxylation is 1. The minimum atomic E-state index is -0.705. The van der Waals surface area contributed by atoms with Gasteiger partial charge in [-0.3, -0.25) is 14.4 Å². The maximum Gasteiger partial charge on any atom is 0.337 e. The smallest absolute Gasteiger partial charge is 0.337 e. The highest BCUT2D eigenvalue weighted by Crippen LogP contribution is 2.31. The number of imide groups is 1. The molecule has 37 heavy (non-hydrogen) atoms. The van der Waals surface area contributed by atoms with Crippen molar-refractivity contribution in [3.05, 3.63) is 100 Å². The second-order valence-electron chi connectivity index (χ2n) is 8.27. The molecule has 0 fully saturated rings. The highest BCUT2D eigenvalue weighted by Gasteiger charge is 2.39. The number of hydrogen-bond acceptors (Lipinski definition) is 6. The van der Waals surface area contributed by atoms with E-state index in [9.17, 15) is 19.2 Å². The van der Waals surface area contributed by atoms with Gasteiger partial charge in [-0.05, 0) is 74.0 Å². The van der Waals surface area contributed by atoms with Gasteiger partial charge in [-0.1, -0.05) is 29.8 Å². The van der Waals surface area contributed by atoms with E-state index in [4.69, 9.17) is 11.6 Å². The second kappa shape index (κ2) is 10.7. The molecule has 1 aliphatic rings. The van der Waals surface area contributed by atoms with Crippen LogP contribution in [0, 0.1) is 6.92 Å². The first-order chi connectivity index (χ1) is 17.7. The Bertz CT molecular complexity index is 1430. The summed E-state index contributed by atoms with van der Waals surface area (Å²) in [5.41, 5.74) is 3.05. The predicted molar refractivity (Wildman–Crippen MR) is 142 cm³/mol. The summed E-state index contributed by atoms with van der Waals surface area (Å²) in [6.45, 7) is 4.32. The summed E-state index contributed by atoms with van der Waals surface area (Å²) in [4.78, 5) is 53.5. The van der Waals surface area contributed by atoms with Gasteiger partial charge in [-0.15, -0.1) is 0 Å². The number of nitrogens with zero attached hydrogens (tertiary/aromatic N) is 2. The third-order valence-corrected chi connectivity index (χ3v) is 6.18. The lowest BCUT2D eigenvalue weighted by Gasteiger charge is -2.22. The predicted octanol–water partition coefficient (Wildman–Crippen LogP) is 4.88. The van der Waals surface area contributed by atoms with Gasteiger partial charge >= 0.3 is 5.97 Å². The summed E-state index contributed by atoms with van der Waals surface area (Å²) in [5.74, 6) is -2.11. The fraction of sp³-hybridized carbons (Fsp3) is 0.143. The molecule has 0 aromatic heterocycles. The number of methoxy groups -OCH3 is 1. The Kier molecular flexibility index (Phi) is 7.40. The second-order valence-corrected chi connectivity index (χ2v) is 8.65. The van der Waals surface area contributed by atoms with Crippen LogP contribution in [0.1, 0.15) is 33.2 Å². The highest BCUT2D eigenvalue weighted by atomic mass is 35.5. The quantitative estimate of drug-likeness (QED) is 0.354. The Labute approximate surface area is 219 Å². The van der Waals surface area contributed by atoms with Crippen molar-refractivity contribution in [2.75, 3.05) is 28.8 Å². The molecule has 0 atom stereocenters. The van der Waals surface area contributed by atoms with Gasteiger partial charge in [0, 0.05) is 23.5 Å². The number of nitrogens with one attached hydrogen (secondary N) is 1. The fourth-order valence-corrected chi connectivity index (χ4v) is 4.19. The van der Waals surface area contributed by atoms with Gasteiger partial charge in [-0.25, -0.2) is 9.69 Å². The Hall–Kier alpha value is -4.43. The largest absolute Gasteiger partial charge is 0.465 e. The van der Waals surface area contributed by atoms with Gasteiger partial charge in [0.2, 0.25) is 0 Å². The molecule has 188 valence electrons. The van der Waals surface area contributed by atoms with Crippen molar-refractivity contribution in [3.63, 3.8) is 0 Å². The van der Waals surface area contributed by atoms with Crippen molar-refractivity contribution in [1.29, 1.82) is 0 Å². The summed E-state index contributed by atoms with van der Waals surface area (Å²) < 4.78 is 4.67. The normalized spacial score (nSPS) is 13.1. The van der Waals surface area contributed by atoms with Gasteiger partial charge in [0.25, 0.3) is 17.7 Å². The van der Waals surface area contributed by atoms with Crippen LogP contribution in [0.15, 0.2) is 83.5 Å². The lowest BCUT2D eigenvalue weighted by molar-refractivity contribution is -0.120. The molecule has 0 radical (unpaired) electrons. The van der Waals surface area contributed by atoms with E-state index in [1.165, 1.54) is 31.4 Å². The van der Waals surface area contributed by atoms with Crippen molar-refractivity contribution in [2.24, 2.45) is 0 Å². The number of amides is 3. The standard InChI is InChI=1S/C28H24ClN3O5/c1-4-31(22-10-5-7-17(2)15-22)25(33)19-8-6-9-20(16-19)30-24-23(29)26(34)32(27(24)35)21-13-11-18(12-14-21)28(36)37-3/h5-16,30H,4H2,1-3H3. The van der Waals surface area contributed by atoms with E-state index in [0.29, 0.717) is 17.8 Å². The zero-order valence-corrected chi connectivity index (χ0v) is 21.2. The van der Waals surface area contributed by atoms with Gasteiger partial charge < -0.3 is 15.0 Å². The first kappa shape index (κ1) is 25.7. The lowest BCUT2D eigenvalue weighted by atomic mass is 10.1. The number of esters is 1. The average molecular weight is 518 g/mol. The van der Waals surface area contributed by atoms with E-state index < -0.39 is 17.8 Å². The van der Waals surface area contributed by atoms with E-state index in [0.717, 1.165) is 16.2 Å². The van der Waals surface area contributed by atoms with Crippen LogP contribution in [0.3, 0.4) is 0 Å². The maximum atomic E-state index is 13.3. The van der Waals surface area contributed by atoms with E-state index in [1.54, 1.807) is 29.2 Å². The van der Waals surface area contributed by atoms with Crippen LogP contribution in [-0.4, -0.2) is 37.3 Å². The summed E-state index contributed by atoms with van der Waals surface area (Å²) in [6.07, 6.45) is 0. The first-order valence-corrected chi connectivity index (χ1v) is 11.9. The van der Waals surface area contributed by atoms with Gasteiger partial charge in [0.1, 0.15) is 10.7 Å². The number of carbonyl (C=O) groups excluding carboxylic acids is 4. The number of anilines is 3. The zero-order chi connectivity index (χ0) is 26.7. The Morgan fingerprint density at radius 3 is 2.30 bits per heavy atom. The Balaban J connectivity index is 1.56. The van der Waals surface area contributed by atoms with Crippen LogP contribution in [0.2, 0.25) is 0 Å². The molecule has 0 spiro atoms. The highest BCUT2D eigenvalue weighted by molar-refractivity contribution is 6.53. The number of ether oxygens (including phenoxy) is 1. The van der Waals surface area contributed by atoms with Crippen molar-refractivity contribution in [1.82, 2.24) is 0 Å². The third kappa shape index (κ3) is 5.10. The monoisotopic (exact) mass is 517 g/mol. The number of halogens is 1. The molecular weight excluding hydrogens is 494 g/mol. The molecule has 1 aliphatic heterocycles. The minimum absolute atomic E-state index is 0.112. The molecule has 3 aromatic rings. The average Bonchev–Trinajstić information content (AvgIpc) is 3.11. The minimum Gasteiger partial charge on any atom is -0.465 e. The molecule has 3 amide bonds. The molecule has 0 saturated carbocycles. The van der Waals surface area contributed by atoms with E-state index in [2.05, 4.69) is 10.1 Å². The SMILES string of the molecule is CCN(C(=O)c1cccc(NC2=C(Cl)C(=O)N(c3ccc(C(=O)OC)cc3)C2=O)c1)c1cccc(C)c1. The van der Waals surface area contributed by atoms with Crippen LogP contribution in [0.5, 0.6) is 0 Å². The molecule has 8 nitrogen and oxygen atoms in total. The van der Waals surface area contributed by atoms with Gasteiger partial charge in [0.15, 0.2) is 0 Å².